The van der Waals surface area contributed by atoms with Gasteiger partial charge in [-0.15, -0.1) is 11.3 Å². The van der Waals surface area contributed by atoms with E-state index >= 15 is 0 Å². The van der Waals surface area contributed by atoms with E-state index in [1.165, 1.54) is 18.3 Å². The van der Waals surface area contributed by atoms with Gasteiger partial charge in [-0.05, 0) is 67.1 Å². The number of thiophene rings is 1. The molecule has 4 N–H and O–H groups in total. The van der Waals surface area contributed by atoms with Gasteiger partial charge in [0.1, 0.15) is 18.0 Å². The molecule has 0 fully saturated rings. The third-order valence-electron chi connectivity index (χ3n) is 7.66. The van der Waals surface area contributed by atoms with Crippen LogP contribution in [0.3, 0.4) is 0 Å². The van der Waals surface area contributed by atoms with Crippen molar-refractivity contribution in [3.63, 3.8) is 0 Å². The fraction of sp³-hybridized carbons (Fsp3) is 0.270. The summed E-state index contributed by atoms with van der Waals surface area (Å²) in [5, 5.41) is 25.9. The Hall–Kier alpha value is -4.97. The summed E-state index contributed by atoms with van der Waals surface area (Å²) in [4.78, 5) is 39.7. The zero-order chi connectivity index (χ0) is 34.4. The topological polar surface area (TPSA) is 147 Å². The molecular formula is C37H39N5O5S. The molecule has 0 spiro atoms. The van der Waals surface area contributed by atoms with Crippen LogP contribution in [0, 0.1) is 6.92 Å². The number of aromatic nitrogens is 3. The van der Waals surface area contributed by atoms with Crippen LogP contribution in [0.15, 0.2) is 91.4 Å². The minimum atomic E-state index is -1.31. The highest BCUT2D eigenvalue weighted by atomic mass is 32.1. The van der Waals surface area contributed by atoms with Gasteiger partial charge in [-0.3, -0.25) is 14.9 Å². The van der Waals surface area contributed by atoms with Crippen molar-refractivity contribution >= 4 is 23.2 Å². The van der Waals surface area contributed by atoms with Crippen molar-refractivity contribution in [1.82, 2.24) is 25.6 Å². The summed E-state index contributed by atoms with van der Waals surface area (Å²) in [7, 11) is 0. The van der Waals surface area contributed by atoms with Crippen LogP contribution in [-0.4, -0.2) is 55.4 Å². The molecule has 0 aliphatic carbocycles. The third-order valence-corrected chi connectivity index (χ3v) is 9.17. The molecule has 1 unspecified atom stereocenters. The Morgan fingerprint density at radius 1 is 0.896 bits per heavy atom. The molecule has 0 radical (unpaired) electrons. The van der Waals surface area contributed by atoms with E-state index in [4.69, 9.17) is 4.74 Å². The first-order valence-electron chi connectivity index (χ1n) is 15.6. The van der Waals surface area contributed by atoms with Gasteiger partial charge in [-0.25, -0.2) is 15.0 Å². The number of ether oxygens (including phenoxy) is 1. The summed E-state index contributed by atoms with van der Waals surface area (Å²) >= 11 is 1.40. The molecule has 11 heteroatoms. The number of aliphatic hydroxyl groups excluding tert-OH is 1. The molecule has 5 rings (SSSR count). The van der Waals surface area contributed by atoms with Gasteiger partial charge in [0.15, 0.2) is 5.82 Å². The summed E-state index contributed by atoms with van der Waals surface area (Å²) in [6.45, 7) is 9.67. The normalized spacial score (nSPS) is 13.4. The smallest absolute Gasteiger partial charge is 0.320 e. The van der Waals surface area contributed by atoms with Crippen LogP contribution in [0.1, 0.15) is 53.4 Å². The van der Waals surface area contributed by atoms with E-state index in [9.17, 15) is 19.8 Å². The molecular weight excluding hydrogens is 627 g/mol. The van der Waals surface area contributed by atoms with Crippen molar-refractivity contribution in [1.29, 1.82) is 0 Å². The number of aliphatic hydroxyl groups is 1. The number of nitrogens with zero attached hydrogens (tertiary/aromatic N) is 3. The van der Waals surface area contributed by atoms with Gasteiger partial charge in [0.2, 0.25) is 5.88 Å². The maximum atomic E-state index is 13.2. The largest absolute Gasteiger partial charge is 0.480 e. The fourth-order valence-electron chi connectivity index (χ4n) is 4.87. The number of hydrogen-bond donors (Lipinski definition) is 4. The molecule has 3 aromatic heterocycles. The quantitative estimate of drug-likeness (QED) is 0.111. The Labute approximate surface area is 283 Å². The number of nitrogens with one attached hydrogen (secondary N) is 2. The minimum Gasteiger partial charge on any atom is -0.480 e. The highest BCUT2D eigenvalue weighted by Gasteiger charge is 2.27. The number of pyridine rings is 1. The molecule has 3 heterocycles. The number of benzene rings is 2. The van der Waals surface area contributed by atoms with Gasteiger partial charge in [0.05, 0.1) is 10.9 Å². The van der Waals surface area contributed by atoms with Crippen LogP contribution in [0.2, 0.25) is 0 Å². The molecule has 0 bridgehead atoms. The van der Waals surface area contributed by atoms with Crippen LogP contribution in [0.25, 0.3) is 22.5 Å². The Bertz CT molecular complexity index is 1850. The van der Waals surface area contributed by atoms with Crippen LogP contribution in [0.5, 0.6) is 11.6 Å². The van der Waals surface area contributed by atoms with Crippen molar-refractivity contribution in [3.8, 4) is 34.1 Å². The number of carbonyl (C=O) groups is 2. The summed E-state index contributed by atoms with van der Waals surface area (Å²) < 4.78 is 5.85. The van der Waals surface area contributed by atoms with Crippen LogP contribution < -0.4 is 15.4 Å². The summed E-state index contributed by atoms with van der Waals surface area (Å²) in [6.07, 6.45) is 4.13. The molecule has 48 heavy (non-hydrogen) atoms. The number of carboxylic acid groups (broad SMARTS) is 1. The summed E-state index contributed by atoms with van der Waals surface area (Å²) in [5.41, 5.74) is 4.27. The van der Waals surface area contributed by atoms with Crippen molar-refractivity contribution < 1.29 is 24.5 Å². The standard InChI is InChI=1S/C37H39N5O5S/c1-22-7-6-8-28(17-22)47-32-16-13-26(19-38-32)27-20-39-33(40-21-27)25-11-9-24(10-12-25)18-29(34(43)41-23(2)36(45)46)42-35(44)30-14-15-31(48-30)37(3,4)5/h6-17,19-21,23,29,34,41,43H,18H2,1-5H3,(H,42,44)(H,45,46)/t23-,29+,34?/m1/s1. The van der Waals surface area contributed by atoms with Gasteiger partial charge in [-0.1, -0.05) is 57.2 Å². The van der Waals surface area contributed by atoms with E-state index in [0.29, 0.717) is 16.6 Å². The molecule has 1 amide bonds. The van der Waals surface area contributed by atoms with Crippen molar-refractivity contribution in [2.45, 2.75) is 64.8 Å². The third kappa shape index (κ3) is 8.88. The van der Waals surface area contributed by atoms with Crippen LogP contribution >= 0.6 is 11.3 Å². The first-order chi connectivity index (χ1) is 22.9. The van der Waals surface area contributed by atoms with Crippen molar-refractivity contribution in [3.05, 3.63) is 112 Å². The monoisotopic (exact) mass is 665 g/mol. The minimum absolute atomic E-state index is 0.105. The van der Waals surface area contributed by atoms with Crippen molar-refractivity contribution in [2.75, 3.05) is 0 Å². The molecule has 248 valence electrons. The van der Waals surface area contributed by atoms with Gasteiger partial charge < -0.3 is 20.3 Å². The second-order valence-corrected chi connectivity index (χ2v) is 13.7. The first-order valence-corrected chi connectivity index (χ1v) is 16.4. The number of hydrogen-bond acceptors (Lipinski definition) is 9. The van der Waals surface area contributed by atoms with E-state index < -0.39 is 24.3 Å². The lowest BCUT2D eigenvalue weighted by Gasteiger charge is -2.26. The maximum Gasteiger partial charge on any atom is 0.320 e. The second-order valence-electron chi connectivity index (χ2n) is 12.7. The Kier molecular flexibility index (Phi) is 10.6. The van der Waals surface area contributed by atoms with Crippen LogP contribution in [0.4, 0.5) is 0 Å². The SMILES string of the molecule is Cc1cccc(Oc2ccc(-c3cnc(-c4ccc(C[C@H](NC(=O)c5ccc(C(C)(C)C)s5)C(O)N[C@H](C)C(=O)O)cc4)nc3)cn2)c1. The van der Waals surface area contributed by atoms with Gasteiger partial charge in [-0.2, -0.15) is 0 Å². The lowest BCUT2D eigenvalue weighted by atomic mass is 9.95. The van der Waals surface area contributed by atoms with E-state index in [0.717, 1.165) is 38.4 Å². The zero-order valence-electron chi connectivity index (χ0n) is 27.5. The number of carbonyl (C=O) groups excluding carboxylic acids is 1. The summed E-state index contributed by atoms with van der Waals surface area (Å²) in [6, 6.07) is 20.8. The van der Waals surface area contributed by atoms with E-state index in [2.05, 4.69) is 46.4 Å². The molecule has 10 nitrogen and oxygen atoms in total. The molecule has 5 aromatic rings. The summed E-state index contributed by atoms with van der Waals surface area (Å²) in [5.74, 6) is 0.306. The van der Waals surface area contributed by atoms with E-state index in [-0.39, 0.29) is 17.7 Å². The average Bonchev–Trinajstić information content (AvgIpc) is 3.57. The maximum absolute atomic E-state index is 13.2. The molecule has 0 saturated carbocycles. The Morgan fingerprint density at radius 3 is 2.19 bits per heavy atom. The van der Waals surface area contributed by atoms with E-state index in [1.54, 1.807) is 30.7 Å². The zero-order valence-corrected chi connectivity index (χ0v) is 28.3. The predicted octanol–water partition coefficient (Wildman–Crippen LogP) is 6.39. The van der Waals surface area contributed by atoms with Gasteiger partial charge >= 0.3 is 5.97 Å². The number of aliphatic carboxylic acids is 1. The lowest BCUT2D eigenvalue weighted by molar-refractivity contribution is -0.140. The molecule has 0 aliphatic heterocycles. The predicted molar refractivity (Wildman–Crippen MR) is 186 cm³/mol. The Balaban J connectivity index is 1.26. The number of amides is 1. The lowest BCUT2D eigenvalue weighted by Crippen LogP contribution is -2.54. The highest BCUT2D eigenvalue weighted by molar-refractivity contribution is 7.14. The number of carboxylic acids is 1. The Morgan fingerprint density at radius 2 is 1.58 bits per heavy atom. The fourth-order valence-corrected chi connectivity index (χ4v) is 5.84. The highest BCUT2D eigenvalue weighted by Crippen LogP contribution is 2.30. The van der Waals surface area contributed by atoms with E-state index in [1.807, 2.05) is 67.6 Å². The van der Waals surface area contributed by atoms with Crippen LogP contribution in [-0.2, 0) is 16.6 Å². The second kappa shape index (κ2) is 14.8. The van der Waals surface area contributed by atoms with Gasteiger partial charge in [0, 0.05) is 46.2 Å². The number of aryl methyl sites for hydroxylation is 1. The average molecular weight is 666 g/mol. The van der Waals surface area contributed by atoms with Gasteiger partial charge in [0.25, 0.3) is 5.91 Å². The number of rotatable bonds is 12. The molecule has 0 aliphatic rings. The van der Waals surface area contributed by atoms with Crippen molar-refractivity contribution in [2.24, 2.45) is 0 Å². The molecule has 2 aromatic carbocycles. The molecule has 3 atom stereocenters. The first kappa shape index (κ1) is 34.4. The molecule has 0 saturated heterocycles.